The quantitative estimate of drug-likeness (QED) is 0.317. The largest absolute Gasteiger partial charge is 0.484 e. The third-order valence-electron chi connectivity index (χ3n) is 3.24. The van der Waals surface area contributed by atoms with E-state index in [1.165, 1.54) is 36.4 Å². The number of nitrogens with one attached hydrogen (secondary N) is 3. The van der Waals surface area contributed by atoms with E-state index in [1.54, 1.807) is 6.07 Å². The Bertz CT molecular complexity index is 958. The molecule has 0 heterocycles. The monoisotopic (exact) mass is 472 g/mol. The summed E-state index contributed by atoms with van der Waals surface area (Å²) < 4.78 is 10.4. The van der Waals surface area contributed by atoms with Crippen LogP contribution < -0.4 is 25.6 Å². The summed E-state index contributed by atoms with van der Waals surface area (Å²) in [5.74, 6) is -0.652. The Balaban J connectivity index is 1.67. The molecule has 2 aromatic carbocycles. The molecule has 0 spiro atoms. The highest BCUT2D eigenvalue weighted by molar-refractivity contribution is 7.80. The summed E-state index contributed by atoms with van der Waals surface area (Å²) in [6, 6.07) is 9.74. The molecule has 13 heteroatoms. The molecular weight excluding hydrogens is 459 g/mol. The number of hydrogen-bond acceptors (Lipinski definition) is 7. The number of carbonyl (C=O) groups is 2. The van der Waals surface area contributed by atoms with Crippen molar-refractivity contribution in [1.82, 2.24) is 16.2 Å². The maximum Gasteiger partial charge on any atom is 0.276 e. The van der Waals surface area contributed by atoms with Crippen molar-refractivity contribution in [2.45, 2.75) is 0 Å². The third kappa shape index (κ3) is 7.70. The second-order valence-corrected chi connectivity index (χ2v) is 6.71. The second kappa shape index (κ2) is 11.1. The van der Waals surface area contributed by atoms with Gasteiger partial charge in [0.05, 0.1) is 9.95 Å². The first-order valence-electron chi connectivity index (χ1n) is 8.08. The first-order chi connectivity index (χ1) is 14.2. The van der Waals surface area contributed by atoms with Crippen LogP contribution in [0.2, 0.25) is 10.0 Å². The summed E-state index contributed by atoms with van der Waals surface area (Å²) >= 11 is 16.6. The van der Waals surface area contributed by atoms with Crippen LogP contribution in [-0.2, 0) is 9.59 Å². The van der Waals surface area contributed by atoms with Gasteiger partial charge in [0.25, 0.3) is 17.5 Å². The van der Waals surface area contributed by atoms with E-state index in [-0.39, 0.29) is 33.9 Å². The van der Waals surface area contributed by atoms with Gasteiger partial charge in [-0.1, -0.05) is 23.2 Å². The van der Waals surface area contributed by atoms with E-state index < -0.39 is 23.3 Å². The maximum atomic E-state index is 11.8. The fraction of sp³-hybridized carbons (Fsp3) is 0.118. The van der Waals surface area contributed by atoms with Crippen LogP contribution >= 0.6 is 35.4 Å². The number of halogens is 2. The Morgan fingerprint density at radius 1 is 1.00 bits per heavy atom. The number of nitro benzene ring substituents is 1. The van der Waals surface area contributed by atoms with E-state index in [2.05, 4.69) is 16.2 Å². The molecular formula is C17H14Cl2N4O6S. The highest BCUT2D eigenvalue weighted by atomic mass is 35.5. The van der Waals surface area contributed by atoms with Crippen molar-refractivity contribution in [3.8, 4) is 11.5 Å². The van der Waals surface area contributed by atoms with Crippen LogP contribution in [0.25, 0.3) is 0 Å². The Kier molecular flexibility index (Phi) is 8.59. The van der Waals surface area contributed by atoms with Crippen molar-refractivity contribution < 1.29 is 24.0 Å². The molecule has 0 aliphatic rings. The number of amides is 2. The Labute approximate surface area is 185 Å². The van der Waals surface area contributed by atoms with Crippen LogP contribution in [0.5, 0.6) is 11.5 Å². The standard InChI is InChI=1S/C17H14Cl2N4O6S/c18-10-1-6-14(13(19)7-10)29-9-16(25)21-22-17(30)20-15(24)8-28-12-4-2-11(3-5-12)23(26)27/h1-7H,8-9H2,(H,21,25)(H2,20,22,24,30). The minimum absolute atomic E-state index is 0.102. The molecule has 2 aromatic rings. The topological polar surface area (TPSA) is 132 Å². The molecule has 0 fully saturated rings. The van der Waals surface area contributed by atoms with Crippen LogP contribution in [0, 0.1) is 10.1 Å². The number of nitrogens with zero attached hydrogens (tertiary/aromatic N) is 1. The van der Waals surface area contributed by atoms with Crippen molar-refractivity contribution in [1.29, 1.82) is 0 Å². The number of hydrogen-bond donors (Lipinski definition) is 3. The Morgan fingerprint density at radius 3 is 2.30 bits per heavy atom. The zero-order chi connectivity index (χ0) is 22.1. The highest BCUT2D eigenvalue weighted by Gasteiger charge is 2.10. The predicted octanol–water partition coefficient (Wildman–Crippen LogP) is 2.38. The average Bonchev–Trinajstić information content (AvgIpc) is 2.70. The van der Waals surface area contributed by atoms with E-state index in [4.69, 9.17) is 44.9 Å². The molecule has 30 heavy (non-hydrogen) atoms. The zero-order valence-corrected chi connectivity index (χ0v) is 17.3. The van der Waals surface area contributed by atoms with Gasteiger partial charge in [-0.3, -0.25) is 35.9 Å². The predicted molar refractivity (Wildman–Crippen MR) is 113 cm³/mol. The Hall–Kier alpha value is -3.15. The van der Waals surface area contributed by atoms with Crippen LogP contribution in [-0.4, -0.2) is 35.1 Å². The number of ether oxygens (including phenoxy) is 2. The van der Waals surface area contributed by atoms with Gasteiger partial charge in [0.15, 0.2) is 18.3 Å². The van der Waals surface area contributed by atoms with Crippen molar-refractivity contribution in [2.24, 2.45) is 0 Å². The van der Waals surface area contributed by atoms with Crippen molar-refractivity contribution in [3.05, 3.63) is 62.6 Å². The minimum Gasteiger partial charge on any atom is -0.484 e. The SMILES string of the molecule is O=C(COc1ccc(Cl)cc1Cl)NNC(=S)NC(=O)COc1ccc([N+](=O)[O-])cc1. The summed E-state index contributed by atoms with van der Waals surface area (Å²) in [5.41, 5.74) is 4.46. The van der Waals surface area contributed by atoms with E-state index >= 15 is 0 Å². The summed E-state index contributed by atoms with van der Waals surface area (Å²) in [4.78, 5) is 33.6. The van der Waals surface area contributed by atoms with Crippen molar-refractivity contribution in [3.63, 3.8) is 0 Å². The number of hydrazine groups is 1. The summed E-state index contributed by atoms with van der Waals surface area (Å²) in [6.07, 6.45) is 0. The average molecular weight is 473 g/mol. The lowest BCUT2D eigenvalue weighted by molar-refractivity contribution is -0.384. The number of benzene rings is 2. The molecule has 0 bridgehead atoms. The van der Waals surface area contributed by atoms with Gasteiger partial charge in [-0.2, -0.15) is 0 Å². The molecule has 0 saturated heterocycles. The van der Waals surface area contributed by atoms with Crippen molar-refractivity contribution in [2.75, 3.05) is 13.2 Å². The Morgan fingerprint density at radius 2 is 1.67 bits per heavy atom. The third-order valence-corrected chi connectivity index (χ3v) is 3.97. The van der Waals surface area contributed by atoms with Gasteiger partial charge < -0.3 is 9.47 Å². The number of thiocarbonyl (C=S) groups is 1. The minimum atomic E-state index is -0.607. The molecule has 2 amide bonds. The molecule has 10 nitrogen and oxygen atoms in total. The lowest BCUT2D eigenvalue weighted by Gasteiger charge is -2.12. The van der Waals surface area contributed by atoms with Crippen LogP contribution in [0.4, 0.5) is 5.69 Å². The molecule has 3 N–H and O–H groups in total. The van der Waals surface area contributed by atoms with Crippen LogP contribution in [0.3, 0.4) is 0 Å². The summed E-state index contributed by atoms with van der Waals surface area (Å²) in [7, 11) is 0. The molecule has 0 aliphatic carbocycles. The van der Waals surface area contributed by atoms with E-state index in [0.29, 0.717) is 5.02 Å². The van der Waals surface area contributed by atoms with Gasteiger partial charge >= 0.3 is 0 Å². The van der Waals surface area contributed by atoms with E-state index in [9.17, 15) is 19.7 Å². The number of non-ortho nitro benzene ring substituents is 1. The van der Waals surface area contributed by atoms with Gasteiger partial charge in [0, 0.05) is 17.2 Å². The molecule has 2 rings (SSSR count). The van der Waals surface area contributed by atoms with Gasteiger partial charge in [0.1, 0.15) is 11.5 Å². The number of carbonyl (C=O) groups excluding carboxylic acids is 2. The second-order valence-electron chi connectivity index (χ2n) is 5.45. The highest BCUT2D eigenvalue weighted by Crippen LogP contribution is 2.27. The molecule has 0 unspecified atom stereocenters. The van der Waals surface area contributed by atoms with Gasteiger partial charge in [-0.25, -0.2) is 0 Å². The van der Waals surface area contributed by atoms with Gasteiger partial charge in [-0.15, -0.1) is 0 Å². The molecule has 0 aliphatic heterocycles. The van der Waals surface area contributed by atoms with E-state index in [1.807, 2.05) is 0 Å². The van der Waals surface area contributed by atoms with Crippen LogP contribution in [0.15, 0.2) is 42.5 Å². The lowest BCUT2D eigenvalue weighted by atomic mass is 10.3. The smallest absolute Gasteiger partial charge is 0.276 e. The first kappa shape index (κ1) is 23.1. The summed E-state index contributed by atoms with van der Waals surface area (Å²) in [6.45, 7) is -0.764. The molecule has 158 valence electrons. The molecule has 0 radical (unpaired) electrons. The fourth-order valence-corrected chi connectivity index (χ4v) is 2.53. The van der Waals surface area contributed by atoms with Crippen LogP contribution in [0.1, 0.15) is 0 Å². The zero-order valence-electron chi connectivity index (χ0n) is 15.0. The molecule has 0 aromatic heterocycles. The summed E-state index contributed by atoms with van der Waals surface area (Å²) in [5, 5.41) is 13.4. The van der Waals surface area contributed by atoms with Gasteiger partial charge in [-0.05, 0) is 42.5 Å². The maximum absolute atomic E-state index is 11.8. The number of rotatable bonds is 7. The van der Waals surface area contributed by atoms with Gasteiger partial charge in [0.2, 0.25) is 0 Å². The molecule has 0 saturated carbocycles. The van der Waals surface area contributed by atoms with E-state index in [0.717, 1.165) is 0 Å². The normalized spacial score (nSPS) is 9.93. The first-order valence-corrected chi connectivity index (χ1v) is 9.25. The number of nitro groups is 1. The molecule has 0 atom stereocenters. The fourth-order valence-electron chi connectivity index (χ4n) is 1.91. The lowest BCUT2D eigenvalue weighted by Crippen LogP contribution is -2.50. The van der Waals surface area contributed by atoms with Crippen molar-refractivity contribution >= 4 is 58.0 Å².